The van der Waals surface area contributed by atoms with Crippen molar-refractivity contribution in [3.8, 4) is 11.4 Å². The lowest BCUT2D eigenvalue weighted by Gasteiger charge is -2.32. The molecule has 1 aliphatic heterocycles. The number of piperidine rings is 1. The topological polar surface area (TPSA) is 92.3 Å². The highest BCUT2D eigenvalue weighted by Crippen LogP contribution is 2.26. The van der Waals surface area contributed by atoms with E-state index in [1.807, 2.05) is 37.3 Å². The van der Waals surface area contributed by atoms with E-state index in [4.69, 9.17) is 0 Å². The zero-order chi connectivity index (χ0) is 21.1. The van der Waals surface area contributed by atoms with Crippen LogP contribution in [0.25, 0.3) is 11.4 Å². The smallest absolute Gasteiger partial charge is 0.257 e. The van der Waals surface area contributed by atoms with E-state index in [2.05, 4.69) is 14.7 Å². The number of benzene rings is 2. The van der Waals surface area contributed by atoms with Crippen LogP contribution in [0.3, 0.4) is 0 Å². The molecule has 3 aromatic rings. The summed E-state index contributed by atoms with van der Waals surface area (Å²) in [6.07, 6.45) is 2.73. The Labute approximate surface area is 180 Å². The third-order valence-corrected chi connectivity index (χ3v) is 7.76. The summed E-state index contributed by atoms with van der Waals surface area (Å²) in [7, 11) is -3.64. The van der Waals surface area contributed by atoms with Crippen molar-refractivity contribution in [2.45, 2.75) is 37.1 Å². The molecule has 30 heavy (non-hydrogen) atoms. The van der Waals surface area contributed by atoms with E-state index in [9.17, 15) is 13.2 Å². The number of sulfonamides is 1. The lowest BCUT2D eigenvalue weighted by molar-refractivity contribution is 0.102. The first kappa shape index (κ1) is 20.6. The van der Waals surface area contributed by atoms with E-state index >= 15 is 0 Å². The lowest BCUT2D eigenvalue weighted by Crippen LogP contribution is -2.41. The molecule has 2 heterocycles. The van der Waals surface area contributed by atoms with E-state index < -0.39 is 15.9 Å². The molecule has 0 saturated carbocycles. The Morgan fingerprint density at radius 1 is 1.13 bits per heavy atom. The van der Waals surface area contributed by atoms with Crippen LogP contribution >= 0.6 is 11.5 Å². The highest BCUT2D eigenvalue weighted by Gasteiger charge is 2.31. The molecule has 1 amide bonds. The van der Waals surface area contributed by atoms with Crippen molar-refractivity contribution in [3.05, 3.63) is 60.2 Å². The van der Waals surface area contributed by atoms with E-state index in [0.29, 0.717) is 17.5 Å². The average Bonchev–Trinajstić information content (AvgIpc) is 3.23. The minimum absolute atomic E-state index is 0.0426. The summed E-state index contributed by atoms with van der Waals surface area (Å²) in [6.45, 7) is 2.43. The molecule has 7 nitrogen and oxygen atoms in total. The third kappa shape index (κ3) is 4.28. The van der Waals surface area contributed by atoms with Gasteiger partial charge in [0, 0.05) is 35.2 Å². The molecule has 1 atom stereocenters. The first-order valence-corrected chi connectivity index (χ1v) is 12.0. The van der Waals surface area contributed by atoms with Gasteiger partial charge in [0.25, 0.3) is 5.91 Å². The summed E-state index contributed by atoms with van der Waals surface area (Å²) in [5, 5.41) is 3.07. The predicted molar refractivity (Wildman–Crippen MR) is 117 cm³/mol. The number of carbonyl (C=O) groups is 1. The second-order valence-corrected chi connectivity index (χ2v) is 9.87. The molecule has 1 unspecified atom stereocenters. The number of nitrogens with one attached hydrogen (secondary N) is 1. The van der Waals surface area contributed by atoms with E-state index in [-0.39, 0.29) is 16.5 Å². The van der Waals surface area contributed by atoms with Crippen LogP contribution < -0.4 is 5.32 Å². The number of amides is 1. The van der Waals surface area contributed by atoms with Crippen molar-refractivity contribution in [2.75, 3.05) is 11.9 Å². The molecular weight excluding hydrogens is 420 g/mol. The fraction of sp³-hybridized carbons (Fsp3) is 0.286. The Kier molecular flexibility index (Phi) is 5.94. The molecular formula is C21H22N4O3S2. The molecule has 4 rings (SSSR count). The molecule has 0 spiro atoms. The van der Waals surface area contributed by atoms with Gasteiger partial charge in [-0.15, -0.1) is 0 Å². The molecule has 1 aromatic heterocycles. The van der Waals surface area contributed by atoms with Crippen molar-refractivity contribution in [3.63, 3.8) is 0 Å². The van der Waals surface area contributed by atoms with Crippen LogP contribution in [0.15, 0.2) is 59.5 Å². The lowest BCUT2D eigenvalue weighted by atomic mass is 10.1. The molecule has 1 aliphatic rings. The Morgan fingerprint density at radius 3 is 2.70 bits per heavy atom. The number of hydrogen-bond acceptors (Lipinski definition) is 6. The van der Waals surface area contributed by atoms with Gasteiger partial charge in [-0.2, -0.15) is 13.7 Å². The molecule has 1 fully saturated rings. The van der Waals surface area contributed by atoms with Crippen molar-refractivity contribution in [2.24, 2.45) is 0 Å². The van der Waals surface area contributed by atoms with Gasteiger partial charge in [0.05, 0.1) is 4.90 Å². The van der Waals surface area contributed by atoms with Crippen LogP contribution in [-0.2, 0) is 10.0 Å². The second kappa shape index (κ2) is 8.63. The second-order valence-electron chi connectivity index (χ2n) is 7.23. The number of aromatic nitrogens is 2. The standard InChI is InChI=1S/C21H22N4O3S2/c1-15-8-5-6-13-25(15)30(27,28)18-12-7-11-17(14-18)20(26)23-21-22-19(24-29-21)16-9-3-2-4-10-16/h2-4,7,9-12,14-15H,5-6,8,13H2,1H3,(H,22,23,24,26). The zero-order valence-corrected chi connectivity index (χ0v) is 18.1. The first-order chi connectivity index (χ1) is 14.4. The number of nitrogens with zero attached hydrogens (tertiary/aromatic N) is 3. The molecule has 1 saturated heterocycles. The zero-order valence-electron chi connectivity index (χ0n) is 16.5. The van der Waals surface area contributed by atoms with Gasteiger partial charge in [0.2, 0.25) is 15.2 Å². The van der Waals surface area contributed by atoms with Gasteiger partial charge in [-0.25, -0.2) is 8.42 Å². The highest BCUT2D eigenvalue weighted by atomic mass is 32.2. The Morgan fingerprint density at radius 2 is 1.93 bits per heavy atom. The molecule has 156 valence electrons. The fourth-order valence-electron chi connectivity index (χ4n) is 3.51. The Balaban J connectivity index is 1.53. The maximum absolute atomic E-state index is 13.1. The van der Waals surface area contributed by atoms with Crippen molar-refractivity contribution >= 4 is 32.6 Å². The van der Waals surface area contributed by atoms with Crippen molar-refractivity contribution in [1.82, 2.24) is 13.7 Å². The van der Waals surface area contributed by atoms with Crippen LogP contribution in [0.2, 0.25) is 0 Å². The molecule has 0 aliphatic carbocycles. The monoisotopic (exact) mass is 442 g/mol. The van der Waals surface area contributed by atoms with Gasteiger partial charge in [0.1, 0.15) is 0 Å². The van der Waals surface area contributed by atoms with Gasteiger partial charge < -0.3 is 0 Å². The van der Waals surface area contributed by atoms with Crippen LogP contribution in [0.5, 0.6) is 0 Å². The maximum Gasteiger partial charge on any atom is 0.257 e. The van der Waals surface area contributed by atoms with Crippen LogP contribution in [0, 0.1) is 0 Å². The SMILES string of the molecule is CC1CCCCN1S(=O)(=O)c1cccc(C(=O)Nc2nc(-c3ccccc3)ns2)c1. The molecule has 1 N–H and O–H groups in total. The molecule has 0 radical (unpaired) electrons. The number of rotatable bonds is 5. The van der Waals surface area contributed by atoms with Gasteiger partial charge >= 0.3 is 0 Å². The largest absolute Gasteiger partial charge is 0.297 e. The summed E-state index contributed by atoms with van der Waals surface area (Å²) >= 11 is 1.08. The normalized spacial score (nSPS) is 17.6. The minimum Gasteiger partial charge on any atom is -0.297 e. The van der Waals surface area contributed by atoms with Crippen molar-refractivity contribution < 1.29 is 13.2 Å². The Bertz CT molecular complexity index is 1150. The predicted octanol–water partition coefficient (Wildman–Crippen LogP) is 4.02. The molecule has 9 heteroatoms. The fourth-order valence-corrected chi connectivity index (χ4v) is 5.84. The van der Waals surface area contributed by atoms with Gasteiger partial charge in [-0.1, -0.05) is 42.8 Å². The molecule has 0 bridgehead atoms. The molecule has 2 aromatic carbocycles. The van der Waals surface area contributed by atoms with E-state index in [1.54, 1.807) is 12.1 Å². The number of anilines is 1. The van der Waals surface area contributed by atoms with Crippen LogP contribution in [-0.4, -0.2) is 40.6 Å². The number of hydrogen-bond donors (Lipinski definition) is 1. The number of carbonyl (C=O) groups excluding carboxylic acids is 1. The van der Waals surface area contributed by atoms with Crippen molar-refractivity contribution in [1.29, 1.82) is 0 Å². The third-order valence-electron chi connectivity index (χ3n) is 5.12. The summed E-state index contributed by atoms with van der Waals surface area (Å²) in [5.74, 6) is 0.112. The van der Waals surface area contributed by atoms with Gasteiger partial charge in [-0.3, -0.25) is 10.1 Å². The summed E-state index contributed by atoms with van der Waals surface area (Å²) in [5.41, 5.74) is 1.12. The van der Waals surface area contributed by atoms with Crippen LogP contribution in [0.1, 0.15) is 36.5 Å². The minimum atomic E-state index is -3.64. The Hall–Kier alpha value is -2.62. The average molecular weight is 443 g/mol. The maximum atomic E-state index is 13.1. The van der Waals surface area contributed by atoms with E-state index in [0.717, 1.165) is 36.4 Å². The summed E-state index contributed by atoms with van der Waals surface area (Å²) < 4.78 is 31.9. The summed E-state index contributed by atoms with van der Waals surface area (Å²) in [6, 6.07) is 15.6. The first-order valence-electron chi connectivity index (χ1n) is 9.77. The van der Waals surface area contributed by atoms with Gasteiger partial charge in [-0.05, 0) is 38.0 Å². The highest BCUT2D eigenvalue weighted by molar-refractivity contribution is 7.89. The quantitative estimate of drug-likeness (QED) is 0.644. The summed E-state index contributed by atoms with van der Waals surface area (Å²) in [4.78, 5) is 17.2. The van der Waals surface area contributed by atoms with Gasteiger partial charge in [0.15, 0.2) is 5.82 Å². The van der Waals surface area contributed by atoms with Crippen LogP contribution in [0.4, 0.5) is 5.13 Å². The van der Waals surface area contributed by atoms with E-state index in [1.165, 1.54) is 16.4 Å².